The van der Waals surface area contributed by atoms with Crippen molar-refractivity contribution in [1.29, 1.82) is 0 Å². The maximum atomic E-state index is 10.8. The van der Waals surface area contributed by atoms with Crippen molar-refractivity contribution >= 4 is 17.9 Å². The van der Waals surface area contributed by atoms with Gasteiger partial charge in [-0.1, -0.05) is 6.92 Å². The van der Waals surface area contributed by atoms with E-state index in [1.54, 1.807) is 0 Å². The largest absolute Gasteiger partial charge is 0.464 e. The van der Waals surface area contributed by atoms with Gasteiger partial charge in [0.15, 0.2) is 5.71 Å². The lowest BCUT2D eigenvalue weighted by molar-refractivity contribution is -0.132. The number of carbonyl (C=O) groups is 1. The second kappa shape index (κ2) is 3.27. The molecule has 0 bridgehead atoms. The van der Waals surface area contributed by atoms with Gasteiger partial charge in [0.25, 0.3) is 0 Å². The molecule has 0 aromatic carbocycles. The van der Waals surface area contributed by atoms with Crippen LogP contribution in [0.1, 0.15) is 13.3 Å². The van der Waals surface area contributed by atoms with Gasteiger partial charge >= 0.3 is 5.97 Å². The highest BCUT2D eigenvalue weighted by molar-refractivity contribution is 6.60. The lowest BCUT2D eigenvalue weighted by Gasteiger charge is -1.95. The van der Waals surface area contributed by atoms with Crippen LogP contribution in [-0.2, 0) is 9.53 Å². The first-order chi connectivity index (χ1) is 5.27. The Hall–Kier alpha value is -1.19. The van der Waals surface area contributed by atoms with Gasteiger partial charge in [-0.05, 0) is 6.42 Å². The van der Waals surface area contributed by atoms with Crippen LogP contribution >= 0.6 is 0 Å². The summed E-state index contributed by atoms with van der Waals surface area (Å²) in [5, 5.41) is 0. The molecule has 1 aliphatic rings. The molecular formula is C7H10N2O2. The van der Waals surface area contributed by atoms with Gasteiger partial charge in [0.05, 0.1) is 13.3 Å². The summed E-state index contributed by atoms with van der Waals surface area (Å²) in [4.78, 5) is 18.8. The molecule has 0 saturated heterocycles. The average Bonchev–Trinajstić information content (AvgIpc) is 2.50. The van der Waals surface area contributed by atoms with E-state index in [0.717, 1.165) is 6.42 Å². The summed E-state index contributed by atoms with van der Waals surface area (Å²) >= 11 is 0. The summed E-state index contributed by atoms with van der Waals surface area (Å²) in [6.45, 7) is 1.96. The third-order valence-electron chi connectivity index (χ3n) is 1.42. The molecule has 0 aromatic rings. The van der Waals surface area contributed by atoms with Gasteiger partial charge in [-0.25, -0.2) is 9.79 Å². The Morgan fingerprint density at radius 3 is 3.00 bits per heavy atom. The highest BCUT2D eigenvalue weighted by Gasteiger charge is 2.16. The van der Waals surface area contributed by atoms with Crippen LogP contribution in [0.15, 0.2) is 9.98 Å². The van der Waals surface area contributed by atoms with Crippen LogP contribution in [0.4, 0.5) is 0 Å². The van der Waals surface area contributed by atoms with E-state index in [9.17, 15) is 4.79 Å². The molecule has 0 fully saturated rings. The minimum atomic E-state index is -0.412. The molecule has 0 saturated carbocycles. The quantitative estimate of drug-likeness (QED) is 0.541. The summed E-state index contributed by atoms with van der Waals surface area (Å²) in [6.07, 6.45) is 2.20. The third kappa shape index (κ3) is 1.63. The molecule has 1 heterocycles. The van der Waals surface area contributed by atoms with Crippen LogP contribution in [0.3, 0.4) is 0 Å². The van der Waals surface area contributed by atoms with Crippen LogP contribution in [0.2, 0.25) is 0 Å². The Balaban J connectivity index is 2.63. The molecule has 1 aliphatic heterocycles. The van der Waals surface area contributed by atoms with Crippen LogP contribution in [0, 0.1) is 0 Å². The van der Waals surface area contributed by atoms with E-state index < -0.39 is 5.97 Å². The molecular weight excluding hydrogens is 144 g/mol. The molecule has 11 heavy (non-hydrogen) atoms. The van der Waals surface area contributed by atoms with Crippen molar-refractivity contribution in [3.8, 4) is 0 Å². The van der Waals surface area contributed by atoms with E-state index in [1.807, 2.05) is 6.92 Å². The van der Waals surface area contributed by atoms with Crippen molar-refractivity contribution in [1.82, 2.24) is 0 Å². The number of esters is 1. The number of ether oxygens (including phenoxy) is 1. The zero-order chi connectivity index (χ0) is 8.27. The van der Waals surface area contributed by atoms with Crippen LogP contribution in [0.25, 0.3) is 0 Å². The van der Waals surface area contributed by atoms with Crippen LogP contribution < -0.4 is 0 Å². The number of hydrogen-bond donors (Lipinski definition) is 0. The molecule has 0 amide bonds. The fourth-order valence-corrected chi connectivity index (χ4v) is 0.791. The van der Waals surface area contributed by atoms with E-state index >= 15 is 0 Å². The van der Waals surface area contributed by atoms with Crippen molar-refractivity contribution in [2.75, 3.05) is 7.11 Å². The lowest BCUT2D eigenvalue weighted by atomic mass is 10.4. The molecule has 1 atom stereocenters. The second-order valence-corrected chi connectivity index (χ2v) is 2.17. The van der Waals surface area contributed by atoms with Gasteiger partial charge in [-0.15, -0.1) is 0 Å². The zero-order valence-electron chi connectivity index (χ0n) is 6.57. The number of rotatable bonds is 2. The summed E-state index contributed by atoms with van der Waals surface area (Å²) in [7, 11) is 1.33. The Kier molecular flexibility index (Phi) is 2.36. The van der Waals surface area contributed by atoms with Gasteiger partial charge in [0, 0.05) is 0 Å². The lowest BCUT2D eigenvalue weighted by Crippen LogP contribution is -2.15. The maximum Gasteiger partial charge on any atom is 0.357 e. The average molecular weight is 154 g/mol. The van der Waals surface area contributed by atoms with Crippen molar-refractivity contribution < 1.29 is 9.53 Å². The van der Waals surface area contributed by atoms with E-state index in [4.69, 9.17) is 0 Å². The Morgan fingerprint density at radius 1 is 1.82 bits per heavy atom. The molecule has 1 rings (SSSR count). The fraction of sp³-hybridized carbons (Fsp3) is 0.571. The fourth-order valence-electron chi connectivity index (χ4n) is 0.791. The van der Waals surface area contributed by atoms with E-state index in [-0.39, 0.29) is 6.17 Å². The maximum absolute atomic E-state index is 10.8. The number of carbonyl (C=O) groups excluding carboxylic acids is 1. The summed E-state index contributed by atoms with van der Waals surface area (Å²) in [6, 6.07) is 0. The van der Waals surface area contributed by atoms with E-state index in [0.29, 0.717) is 5.71 Å². The molecule has 4 heteroatoms. The van der Waals surface area contributed by atoms with E-state index in [2.05, 4.69) is 14.7 Å². The second-order valence-electron chi connectivity index (χ2n) is 2.17. The first kappa shape index (κ1) is 7.91. The normalized spacial score (nSPS) is 21.6. The van der Waals surface area contributed by atoms with Crippen LogP contribution in [-0.4, -0.2) is 31.2 Å². The van der Waals surface area contributed by atoms with Gasteiger partial charge in [0.2, 0.25) is 0 Å². The minimum absolute atomic E-state index is 0.0795. The molecule has 0 N–H and O–H groups in total. The van der Waals surface area contributed by atoms with Gasteiger partial charge < -0.3 is 4.74 Å². The first-order valence-electron chi connectivity index (χ1n) is 3.47. The summed E-state index contributed by atoms with van der Waals surface area (Å²) < 4.78 is 4.47. The van der Waals surface area contributed by atoms with Gasteiger partial charge in [-0.3, -0.25) is 4.99 Å². The monoisotopic (exact) mass is 154 g/mol. The van der Waals surface area contributed by atoms with Crippen molar-refractivity contribution in [3.63, 3.8) is 0 Å². The third-order valence-corrected chi connectivity index (χ3v) is 1.42. The Bertz CT molecular complexity index is 220. The highest BCUT2D eigenvalue weighted by atomic mass is 16.5. The summed E-state index contributed by atoms with van der Waals surface area (Å²) in [5.41, 5.74) is 0.319. The number of methoxy groups -OCH3 is 1. The number of aliphatic imine (C=N–C) groups is 2. The Labute approximate surface area is 65.0 Å². The van der Waals surface area contributed by atoms with Crippen molar-refractivity contribution in [2.45, 2.75) is 19.5 Å². The van der Waals surface area contributed by atoms with Crippen molar-refractivity contribution in [2.24, 2.45) is 9.98 Å². The number of hydrogen-bond acceptors (Lipinski definition) is 4. The standard InChI is InChI=1S/C7H10N2O2/c1-3-6-8-4-5(9-6)7(10)11-2/h4,6H,3H2,1-2H3. The predicted molar refractivity (Wildman–Crippen MR) is 42.0 cm³/mol. The summed E-state index contributed by atoms with van der Waals surface area (Å²) in [5.74, 6) is -0.412. The first-order valence-corrected chi connectivity index (χ1v) is 3.47. The molecule has 1 unspecified atom stereocenters. The molecule has 0 aliphatic carbocycles. The molecule has 4 nitrogen and oxygen atoms in total. The smallest absolute Gasteiger partial charge is 0.357 e. The number of nitrogens with zero attached hydrogens (tertiary/aromatic N) is 2. The molecule has 0 spiro atoms. The molecule has 0 radical (unpaired) electrons. The van der Waals surface area contributed by atoms with Crippen molar-refractivity contribution in [3.05, 3.63) is 0 Å². The van der Waals surface area contributed by atoms with Crippen LogP contribution in [0.5, 0.6) is 0 Å². The molecule has 60 valence electrons. The van der Waals surface area contributed by atoms with Gasteiger partial charge in [0.1, 0.15) is 6.17 Å². The van der Waals surface area contributed by atoms with Gasteiger partial charge in [-0.2, -0.15) is 0 Å². The minimum Gasteiger partial charge on any atom is -0.464 e. The van der Waals surface area contributed by atoms with E-state index in [1.165, 1.54) is 13.3 Å². The SMILES string of the molecule is CCC1N=CC(C(=O)OC)=N1. The Morgan fingerprint density at radius 2 is 2.55 bits per heavy atom. The predicted octanol–water partition coefficient (Wildman–Crippen LogP) is 0.421. The molecule has 0 aromatic heterocycles. The topological polar surface area (TPSA) is 51.0 Å². The highest BCUT2D eigenvalue weighted by Crippen LogP contribution is 2.04. The zero-order valence-corrected chi connectivity index (χ0v) is 6.57.